The molecule has 0 fully saturated rings. The second-order valence-electron chi connectivity index (χ2n) is 3.58. The Balaban J connectivity index is 2.28. The van der Waals surface area contributed by atoms with Crippen LogP contribution in [0.1, 0.15) is 5.69 Å². The van der Waals surface area contributed by atoms with Crippen molar-refractivity contribution < 1.29 is 0 Å². The van der Waals surface area contributed by atoms with Gasteiger partial charge in [-0.05, 0) is 30.3 Å². The molecule has 3 N–H and O–H groups in total. The number of nitrogens with one attached hydrogen (secondary N) is 1. The van der Waals surface area contributed by atoms with Crippen molar-refractivity contribution in [3.05, 3.63) is 52.3 Å². The number of pyridine rings is 1. The van der Waals surface area contributed by atoms with Crippen molar-refractivity contribution in [1.29, 1.82) is 0 Å². The lowest BCUT2D eigenvalue weighted by Crippen LogP contribution is -2.11. The van der Waals surface area contributed by atoms with Crippen LogP contribution in [0, 0.1) is 0 Å². The van der Waals surface area contributed by atoms with Crippen LogP contribution < -0.4 is 11.1 Å². The molecule has 92 valence electrons. The van der Waals surface area contributed by atoms with Crippen molar-refractivity contribution in [3.63, 3.8) is 0 Å². The van der Waals surface area contributed by atoms with Crippen LogP contribution in [0.25, 0.3) is 0 Å². The Morgan fingerprint density at radius 3 is 2.39 bits per heavy atom. The third-order valence-corrected chi connectivity index (χ3v) is 2.81. The lowest BCUT2D eigenvalue weighted by atomic mass is 10.2. The molecule has 3 nitrogen and oxygen atoms in total. The van der Waals surface area contributed by atoms with Gasteiger partial charge < -0.3 is 11.1 Å². The minimum Gasteiger partial charge on any atom is -0.388 e. The molecular weight excluding hydrogens is 289 g/mol. The van der Waals surface area contributed by atoms with E-state index in [1.54, 1.807) is 36.5 Å². The average Bonchev–Trinajstić information content (AvgIpc) is 2.27. The van der Waals surface area contributed by atoms with Gasteiger partial charge in [-0.15, -0.1) is 0 Å². The fourth-order valence-electron chi connectivity index (χ4n) is 1.44. The van der Waals surface area contributed by atoms with Crippen LogP contribution in [0.4, 0.5) is 11.4 Å². The summed E-state index contributed by atoms with van der Waals surface area (Å²) in [6.45, 7) is 0. The molecule has 1 aromatic carbocycles. The zero-order chi connectivity index (χ0) is 13.1. The van der Waals surface area contributed by atoms with Gasteiger partial charge in [0, 0.05) is 27.6 Å². The predicted octanol–water partition coefficient (Wildman–Crippen LogP) is 3.77. The summed E-state index contributed by atoms with van der Waals surface area (Å²) in [4.78, 5) is 4.31. The van der Waals surface area contributed by atoms with Crippen LogP contribution in [0.3, 0.4) is 0 Å². The van der Waals surface area contributed by atoms with Gasteiger partial charge in [0.25, 0.3) is 0 Å². The number of halogens is 2. The normalized spacial score (nSPS) is 10.1. The molecule has 0 atom stereocenters. The summed E-state index contributed by atoms with van der Waals surface area (Å²) < 4.78 is 0. The Bertz CT molecular complexity index is 581. The largest absolute Gasteiger partial charge is 0.388 e. The number of hydrogen-bond acceptors (Lipinski definition) is 3. The van der Waals surface area contributed by atoms with Crippen LogP contribution in [0.15, 0.2) is 36.5 Å². The molecule has 0 radical (unpaired) electrons. The molecule has 0 aliphatic rings. The van der Waals surface area contributed by atoms with Gasteiger partial charge in [0.1, 0.15) is 4.99 Å². The van der Waals surface area contributed by atoms with E-state index in [0.29, 0.717) is 15.7 Å². The van der Waals surface area contributed by atoms with E-state index in [4.69, 9.17) is 41.2 Å². The lowest BCUT2D eigenvalue weighted by Gasteiger charge is -2.08. The van der Waals surface area contributed by atoms with E-state index in [1.807, 2.05) is 0 Å². The van der Waals surface area contributed by atoms with E-state index in [0.717, 1.165) is 11.4 Å². The quantitative estimate of drug-likeness (QED) is 0.847. The highest BCUT2D eigenvalue weighted by molar-refractivity contribution is 7.80. The maximum absolute atomic E-state index is 5.92. The highest BCUT2D eigenvalue weighted by Gasteiger charge is 2.02. The second-order valence-corrected chi connectivity index (χ2v) is 4.89. The van der Waals surface area contributed by atoms with Crippen LogP contribution in [-0.4, -0.2) is 9.97 Å². The smallest absolute Gasteiger partial charge is 0.122 e. The van der Waals surface area contributed by atoms with Gasteiger partial charge in [-0.1, -0.05) is 35.4 Å². The number of benzene rings is 1. The molecule has 0 aliphatic carbocycles. The number of hydrogen-bond donors (Lipinski definition) is 2. The lowest BCUT2D eigenvalue weighted by molar-refractivity contribution is 1.29. The van der Waals surface area contributed by atoms with E-state index in [1.165, 1.54) is 0 Å². The summed E-state index contributed by atoms with van der Waals surface area (Å²) in [6.07, 6.45) is 1.63. The predicted molar refractivity (Wildman–Crippen MR) is 79.9 cm³/mol. The number of rotatable bonds is 3. The zero-order valence-corrected chi connectivity index (χ0v) is 11.5. The van der Waals surface area contributed by atoms with Crippen molar-refractivity contribution in [2.24, 2.45) is 5.73 Å². The first-order chi connectivity index (χ1) is 8.54. The van der Waals surface area contributed by atoms with Gasteiger partial charge in [-0.2, -0.15) is 0 Å². The maximum atomic E-state index is 5.92. The number of aromatic nitrogens is 1. The molecule has 0 spiro atoms. The van der Waals surface area contributed by atoms with Crippen molar-refractivity contribution in [2.75, 3.05) is 5.32 Å². The average molecular weight is 298 g/mol. The van der Waals surface area contributed by atoms with Crippen molar-refractivity contribution in [1.82, 2.24) is 4.98 Å². The Hall–Kier alpha value is -1.36. The molecule has 0 unspecified atom stereocenters. The van der Waals surface area contributed by atoms with Gasteiger partial charge in [0.2, 0.25) is 0 Å². The van der Waals surface area contributed by atoms with Crippen LogP contribution in [0.5, 0.6) is 0 Å². The molecule has 1 heterocycles. The van der Waals surface area contributed by atoms with Crippen molar-refractivity contribution >= 4 is 51.8 Å². The molecule has 1 aromatic heterocycles. The SMILES string of the molecule is NC(=S)c1cc(Nc2cc(Cl)cc(Cl)c2)ccn1. The highest BCUT2D eigenvalue weighted by Crippen LogP contribution is 2.25. The maximum Gasteiger partial charge on any atom is 0.122 e. The third-order valence-electron chi connectivity index (χ3n) is 2.16. The van der Waals surface area contributed by atoms with Gasteiger partial charge >= 0.3 is 0 Å². The summed E-state index contributed by atoms with van der Waals surface area (Å²) in [5.41, 5.74) is 7.68. The number of nitrogens with two attached hydrogens (primary N) is 1. The molecule has 2 aromatic rings. The van der Waals surface area contributed by atoms with Crippen molar-refractivity contribution in [2.45, 2.75) is 0 Å². The Morgan fingerprint density at radius 2 is 1.78 bits per heavy atom. The fourth-order valence-corrected chi connectivity index (χ4v) is 2.07. The number of nitrogens with zero attached hydrogens (tertiary/aromatic N) is 1. The summed E-state index contributed by atoms with van der Waals surface area (Å²) in [7, 11) is 0. The van der Waals surface area contributed by atoms with E-state index in [2.05, 4.69) is 10.3 Å². The summed E-state index contributed by atoms with van der Waals surface area (Å²) in [5, 5.41) is 4.28. The zero-order valence-electron chi connectivity index (χ0n) is 9.15. The highest BCUT2D eigenvalue weighted by atomic mass is 35.5. The molecule has 6 heteroatoms. The van der Waals surface area contributed by atoms with Gasteiger partial charge in [0.15, 0.2) is 0 Å². The summed E-state index contributed by atoms with van der Waals surface area (Å²) >= 11 is 16.7. The molecule has 18 heavy (non-hydrogen) atoms. The van der Waals surface area contributed by atoms with Crippen LogP contribution in [0.2, 0.25) is 10.0 Å². The number of anilines is 2. The minimum absolute atomic E-state index is 0.253. The Labute approximate surface area is 120 Å². The van der Waals surface area contributed by atoms with Gasteiger partial charge in [-0.25, -0.2) is 0 Å². The monoisotopic (exact) mass is 297 g/mol. The molecule has 0 bridgehead atoms. The topological polar surface area (TPSA) is 50.9 Å². The van der Waals surface area contributed by atoms with E-state index in [-0.39, 0.29) is 4.99 Å². The van der Waals surface area contributed by atoms with E-state index >= 15 is 0 Å². The molecule has 0 saturated heterocycles. The summed E-state index contributed by atoms with van der Waals surface area (Å²) in [5.74, 6) is 0. The second kappa shape index (κ2) is 5.52. The Morgan fingerprint density at radius 1 is 1.11 bits per heavy atom. The molecular formula is C12H9Cl2N3S. The van der Waals surface area contributed by atoms with Crippen LogP contribution in [-0.2, 0) is 0 Å². The third kappa shape index (κ3) is 3.32. The Kier molecular flexibility index (Phi) is 4.01. The first-order valence-corrected chi connectivity index (χ1v) is 6.20. The van der Waals surface area contributed by atoms with Crippen molar-refractivity contribution in [3.8, 4) is 0 Å². The van der Waals surface area contributed by atoms with E-state index < -0.39 is 0 Å². The first kappa shape index (κ1) is 13.1. The molecule has 0 aliphatic heterocycles. The van der Waals surface area contributed by atoms with E-state index in [9.17, 15) is 0 Å². The summed E-state index contributed by atoms with van der Waals surface area (Å²) in [6, 6.07) is 8.78. The number of thiocarbonyl (C=S) groups is 1. The molecule has 2 rings (SSSR count). The fraction of sp³-hybridized carbons (Fsp3) is 0. The standard InChI is InChI=1S/C12H9Cl2N3S/c13-7-3-8(14)5-10(4-7)17-9-1-2-16-11(6-9)12(15)18/h1-6H,(H2,15,18)(H,16,17). The minimum atomic E-state index is 0.253. The van der Waals surface area contributed by atoms with Gasteiger partial charge in [0.05, 0.1) is 5.69 Å². The van der Waals surface area contributed by atoms with Crippen LogP contribution >= 0.6 is 35.4 Å². The molecule has 0 amide bonds. The van der Waals surface area contributed by atoms with Gasteiger partial charge in [-0.3, -0.25) is 4.98 Å². The molecule has 0 saturated carbocycles. The first-order valence-electron chi connectivity index (χ1n) is 5.03.